The Hall–Kier alpha value is -2.29. The van der Waals surface area contributed by atoms with Crippen molar-refractivity contribution in [2.24, 2.45) is 5.92 Å². The number of ether oxygens (including phenoxy) is 1. The highest BCUT2D eigenvalue weighted by Gasteiger charge is 2.31. The molecule has 1 aliphatic carbocycles. The molecular weight excluding hydrogens is 298 g/mol. The van der Waals surface area contributed by atoms with Crippen LogP contribution in [-0.4, -0.2) is 13.0 Å². The third kappa shape index (κ3) is 3.78. The first-order valence-electron chi connectivity index (χ1n) is 8.62. The molecule has 0 unspecified atom stereocenters. The average molecular weight is 323 g/mol. The van der Waals surface area contributed by atoms with Crippen LogP contribution in [0.3, 0.4) is 0 Å². The summed E-state index contributed by atoms with van der Waals surface area (Å²) in [5.41, 5.74) is 3.49. The maximum atomic E-state index is 12.3. The summed E-state index contributed by atoms with van der Waals surface area (Å²) in [5, 5.41) is 3.22. The normalized spacial score (nSPS) is 15.2. The van der Waals surface area contributed by atoms with Crippen LogP contribution >= 0.6 is 0 Å². The Morgan fingerprint density at radius 1 is 0.958 bits per heavy atom. The van der Waals surface area contributed by atoms with Crippen LogP contribution in [0.2, 0.25) is 0 Å². The summed E-state index contributed by atoms with van der Waals surface area (Å²) in [6, 6.07) is 16.3. The van der Waals surface area contributed by atoms with Gasteiger partial charge in [-0.05, 0) is 47.6 Å². The Morgan fingerprint density at radius 3 is 1.92 bits per heavy atom. The highest BCUT2D eigenvalue weighted by Crippen LogP contribution is 2.32. The smallest absolute Gasteiger partial charge is 0.223 e. The largest absolute Gasteiger partial charge is 0.497 e. The molecule has 3 heteroatoms. The minimum Gasteiger partial charge on any atom is -0.497 e. The zero-order valence-electron chi connectivity index (χ0n) is 14.6. The molecule has 1 amide bonds. The van der Waals surface area contributed by atoms with Gasteiger partial charge in [0.05, 0.1) is 13.2 Å². The van der Waals surface area contributed by atoms with Crippen molar-refractivity contribution in [1.29, 1.82) is 0 Å². The first-order chi connectivity index (χ1) is 11.6. The minimum atomic E-state index is -0.120. The van der Waals surface area contributed by atoms with Crippen LogP contribution in [0.1, 0.15) is 55.3 Å². The van der Waals surface area contributed by atoms with Crippen LogP contribution < -0.4 is 10.1 Å². The van der Waals surface area contributed by atoms with E-state index in [-0.39, 0.29) is 17.9 Å². The second-order valence-electron chi connectivity index (χ2n) is 6.81. The predicted octanol–water partition coefficient (Wildman–Crippen LogP) is 4.43. The van der Waals surface area contributed by atoms with Gasteiger partial charge in [0.1, 0.15) is 5.75 Å². The highest BCUT2D eigenvalue weighted by atomic mass is 16.5. The van der Waals surface area contributed by atoms with Crippen molar-refractivity contribution in [1.82, 2.24) is 5.32 Å². The van der Waals surface area contributed by atoms with E-state index in [0.717, 1.165) is 29.7 Å². The van der Waals surface area contributed by atoms with Crippen molar-refractivity contribution in [3.8, 4) is 5.75 Å². The summed E-state index contributed by atoms with van der Waals surface area (Å²) in [5.74, 6) is 1.67. The molecule has 0 saturated heterocycles. The molecule has 0 radical (unpaired) electrons. The summed E-state index contributed by atoms with van der Waals surface area (Å²) in [4.78, 5) is 12.3. The van der Waals surface area contributed by atoms with E-state index in [1.54, 1.807) is 7.11 Å². The quantitative estimate of drug-likeness (QED) is 0.854. The zero-order chi connectivity index (χ0) is 17.1. The number of nitrogens with one attached hydrogen (secondary N) is 1. The number of hydrogen-bond acceptors (Lipinski definition) is 2. The summed E-state index contributed by atoms with van der Waals surface area (Å²) in [6.07, 6.45) is 2.01. The second kappa shape index (κ2) is 7.08. The lowest BCUT2D eigenvalue weighted by Gasteiger charge is -2.21. The van der Waals surface area contributed by atoms with Crippen LogP contribution in [0.25, 0.3) is 0 Å². The van der Waals surface area contributed by atoms with Gasteiger partial charge in [0, 0.05) is 5.92 Å². The fourth-order valence-corrected chi connectivity index (χ4v) is 2.83. The molecular formula is C21H25NO2. The van der Waals surface area contributed by atoms with E-state index in [4.69, 9.17) is 4.74 Å². The summed E-state index contributed by atoms with van der Waals surface area (Å²) < 4.78 is 5.24. The second-order valence-corrected chi connectivity index (χ2v) is 6.81. The van der Waals surface area contributed by atoms with Gasteiger partial charge in [-0.1, -0.05) is 50.2 Å². The molecule has 1 aliphatic rings. The first kappa shape index (κ1) is 16.6. The molecule has 1 atom stereocenters. The van der Waals surface area contributed by atoms with E-state index in [1.807, 2.05) is 24.3 Å². The van der Waals surface area contributed by atoms with Crippen molar-refractivity contribution in [2.45, 2.75) is 38.6 Å². The van der Waals surface area contributed by atoms with Gasteiger partial charge >= 0.3 is 0 Å². The van der Waals surface area contributed by atoms with E-state index in [0.29, 0.717) is 5.92 Å². The molecule has 2 aromatic rings. The van der Waals surface area contributed by atoms with Crippen LogP contribution in [0, 0.1) is 5.92 Å². The number of carbonyl (C=O) groups excluding carboxylic acids is 1. The Labute approximate surface area is 144 Å². The van der Waals surface area contributed by atoms with E-state index >= 15 is 0 Å². The number of carbonyl (C=O) groups is 1. The van der Waals surface area contributed by atoms with Crippen molar-refractivity contribution in [3.05, 3.63) is 65.2 Å². The maximum absolute atomic E-state index is 12.3. The van der Waals surface area contributed by atoms with Crippen LogP contribution in [-0.2, 0) is 4.79 Å². The lowest BCUT2D eigenvalue weighted by atomic mass is 9.95. The monoisotopic (exact) mass is 323 g/mol. The van der Waals surface area contributed by atoms with Crippen molar-refractivity contribution < 1.29 is 9.53 Å². The molecule has 126 valence electrons. The molecule has 0 aliphatic heterocycles. The molecule has 0 aromatic heterocycles. The van der Waals surface area contributed by atoms with Crippen molar-refractivity contribution in [2.75, 3.05) is 7.11 Å². The van der Waals surface area contributed by atoms with Gasteiger partial charge in [-0.2, -0.15) is 0 Å². The molecule has 24 heavy (non-hydrogen) atoms. The third-order valence-corrected chi connectivity index (χ3v) is 4.62. The number of amides is 1. The Balaban J connectivity index is 1.89. The molecule has 3 rings (SSSR count). The Bertz CT molecular complexity index is 685. The fourth-order valence-electron chi connectivity index (χ4n) is 2.83. The Kier molecular flexibility index (Phi) is 4.89. The van der Waals surface area contributed by atoms with Crippen LogP contribution in [0.15, 0.2) is 48.5 Å². The standard InChI is InChI=1S/C21H25NO2/c1-14(2)15-4-6-16(7-5-15)20(22-21(23)18-8-9-18)17-10-12-19(24-3)13-11-17/h4-7,10-14,18,20H,8-9H2,1-3H3,(H,22,23)/t20-/m1/s1. The molecule has 1 fully saturated rings. The van der Waals surface area contributed by atoms with Gasteiger partial charge in [0.2, 0.25) is 5.91 Å². The summed E-state index contributed by atoms with van der Waals surface area (Å²) in [7, 11) is 1.66. The lowest BCUT2D eigenvalue weighted by Crippen LogP contribution is -2.30. The van der Waals surface area contributed by atoms with Gasteiger partial charge < -0.3 is 10.1 Å². The van der Waals surface area contributed by atoms with Crippen LogP contribution in [0.4, 0.5) is 0 Å². The van der Waals surface area contributed by atoms with Gasteiger partial charge in [0.25, 0.3) is 0 Å². The van der Waals surface area contributed by atoms with Crippen molar-refractivity contribution in [3.63, 3.8) is 0 Å². The Morgan fingerprint density at radius 2 is 1.46 bits per heavy atom. The first-order valence-corrected chi connectivity index (χ1v) is 8.62. The lowest BCUT2D eigenvalue weighted by molar-refractivity contribution is -0.122. The summed E-state index contributed by atoms with van der Waals surface area (Å²) >= 11 is 0. The van der Waals surface area contributed by atoms with E-state index < -0.39 is 0 Å². The molecule has 0 bridgehead atoms. The van der Waals surface area contributed by atoms with Crippen molar-refractivity contribution >= 4 is 5.91 Å². The third-order valence-electron chi connectivity index (χ3n) is 4.62. The molecule has 0 spiro atoms. The molecule has 3 nitrogen and oxygen atoms in total. The number of hydrogen-bond donors (Lipinski definition) is 1. The summed E-state index contributed by atoms with van der Waals surface area (Å²) in [6.45, 7) is 4.37. The topological polar surface area (TPSA) is 38.3 Å². The van der Waals surface area contributed by atoms with Gasteiger partial charge in [0.15, 0.2) is 0 Å². The molecule has 1 N–H and O–H groups in total. The van der Waals surface area contributed by atoms with E-state index in [9.17, 15) is 4.79 Å². The molecule has 0 heterocycles. The zero-order valence-corrected chi connectivity index (χ0v) is 14.6. The SMILES string of the molecule is COc1ccc([C@H](NC(=O)C2CC2)c2ccc(C(C)C)cc2)cc1. The van der Waals surface area contributed by atoms with Gasteiger partial charge in [-0.3, -0.25) is 4.79 Å². The number of rotatable bonds is 6. The molecule has 2 aromatic carbocycles. The highest BCUT2D eigenvalue weighted by molar-refractivity contribution is 5.81. The van der Waals surface area contributed by atoms with E-state index in [1.165, 1.54) is 5.56 Å². The maximum Gasteiger partial charge on any atom is 0.223 e. The van der Waals surface area contributed by atoms with Crippen LogP contribution in [0.5, 0.6) is 5.75 Å². The predicted molar refractivity (Wildman–Crippen MR) is 96.2 cm³/mol. The average Bonchev–Trinajstić information content (AvgIpc) is 3.45. The fraction of sp³-hybridized carbons (Fsp3) is 0.381. The minimum absolute atomic E-state index is 0.120. The number of methoxy groups -OCH3 is 1. The molecule has 1 saturated carbocycles. The van der Waals surface area contributed by atoms with Gasteiger partial charge in [-0.25, -0.2) is 0 Å². The van der Waals surface area contributed by atoms with E-state index in [2.05, 4.69) is 43.4 Å². The van der Waals surface area contributed by atoms with Gasteiger partial charge in [-0.15, -0.1) is 0 Å². The number of benzene rings is 2.